The molecule has 2 aromatic heterocycles. The van der Waals surface area contributed by atoms with Crippen LogP contribution in [0.4, 0.5) is 13.2 Å². The highest BCUT2D eigenvalue weighted by molar-refractivity contribution is 7.99. The Hall–Kier alpha value is -2.39. The zero-order chi connectivity index (χ0) is 23.1. The van der Waals surface area contributed by atoms with Gasteiger partial charge in [-0.3, -0.25) is 4.98 Å². The molecule has 1 unspecified atom stereocenters. The Bertz CT molecular complexity index is 1100. The molecule has 1 saturated heterocycles. The number of hydrogen-bond donors (Lipinski definition) is 0. The molecule has 5 nitrogen and oxygen atoms in total. The van der Waals surface area contributed by atoms with E-state index >= 15 is 0 Å². The minimum Gasteiger partial charge on any atom is -0.305 e. The van der Waals surface area contributed by atoms with Gasteiger partial charge in [0.25, 0.3) is 0 Å². The number of hydrogen-bond acceptors (Lipinski definition) is 5. The molecule has 3 aromatic rings. The maximum Gasteiger partial charge on any atom is 0.416 e. The summed E-state index contributed by atoms with van der Waals surface area (Å²) in [6.45, 7) is 3.14. The largest absolute Gasteiger partial charge is 0.416 e. The number of pyridine rings is 1. The van der Waals surface area contributed by atoms with E-state index in [-0.39, 0.29) is 5.41 Å². The molecule has 3 heterocycles. The second-order valence-electron chi connectivity index (χ2n) is 9.07. The van der Waals surface area contributed by atoms with Crippen LogP contribution in [0.1, 0.15) is 36.3 Å². The Morgan fingerprint density at radius 1 is 1.09 bits per heavy atom. The molecule has 2 fully saturated rings. The average molecular weight is 474 g/mol. The van der Waals surface area contributed by atoms with Crippen LogP contribution in [-0.4, -0.2) is 50.0 Å². The lowest BCUT2D eigenvalue weighted by Gasteiger charge is -2.16. The third-order valence-electron chi connectivity index (χ3n) is 6.92. The molecule has 1 spiro atoms. The highest BCUT2D eigenvalue weighted by atomic mass is 32.2. The number of alkyl halides is 3. The van der Waals surface area contributed by atoms with E-state index in [0.717, 1.165) is 66.8 Å². The lowest BCUT2D eigenvalue weighted by Crippen LogP contribution is -2.23. The number of halogens is 3. The molecule has 0 N–H and O–H groups in total. The Kier molecular flexibility index (Phi) is 5.95. The molecule has 9 heteroatoms. The van der Waals surface area contributed by atoms with Crippen molar-refractivity contribution >= 4 is 11.8 Å². The maximum atomic E-state index is 12.8. The van der Waals surface area contributed by atoms with Crippen molar-refractivity contribution in [1.29, 1.82) is 0 Å². The summed E-state index contributed by atoms with van der Waals surface area (Å²) in [7, 11) is 1.98. The van der Waals surface area contributed by atoms with Gasteiger partial charge < -0.3 is 9.47 Å². The number of likely N-dealkylation sites (tertiary alicyclic amines) is 1. The molecule has 33 heavy (non-hydrogen) atoms. The lowest BCUT2D eigenvalue weighted by atomic mass is 9.97. The van der Waals surface area contributed by atoms with Gasteiger partial charge in [0, 0.05) is 37.3 Å². The van der Waals surface area contributed by atoms with Gasteiger partial charge in [-0.2, -0.15) is 13.2 Å². The van der Waals surface area contributed by atoms with E-state index in [1.807, 2.05) is 23.7 Å². The second kappa shape index (κ2) is 8.76. The molecule has 0 amide bonds. The van der Waals surface area contributed by atoms with E-state index in [2.05, 4.69) is 20.1 Å². The molecule has 2 aliphatic rings. The van der Waals surface area contributed by atoms with Gasteiger partial charge in [-0.05, 0) is 73.5 Å². The van der Waals surface area contributed by atoms with E-state index in [4.69, 9.17) is 0 Å². The van der Waals surface area contributed by atoms with Crippen molar-refractivity contribution in [3.05, 3.63) is 59.9 Å². The van der Waals surface area contributed by atoms with Gasteiger partial charge in [0.05, 0.1) is 5.56 Å². The van der Waals surface area contributed by atoms with Crippen LogP contribution in [0.2, 0.25) is 0 Å². The van der Waals surface area contributed by atoms with Crippen molar-refractivity contribution in [3.63, 3.8) is 0 Å². The van der Waals surface area contributed by atoms with Gasteiger partial charge in [-0.1, -0.05) is 23.9 Å². The van der Waals surface area contributed by atoms with Crippen molar-refractivity contribution in [2.24, 2.45) is 12.5 Å². The van der Waals surface area contributed by atoms with Crippen LogP contribution in [0.25, 0.3) is 11.4 Å². The van der Waals surface area contributed by atoms with Crippen molar-refractivity contribution in [2.75, 3.05) is 25.4 Å². The molecular weight excluding hydrogens is 447 g/mol. The van der Waals surface area contributed by atoms with Crippen molar-refractivity contribution < 1.29 is 13.2 Å². The molecule has 1 aliphatic carbocycles. The van der Waals surface area contributed by atoms with Gasteiger partial charge in [0.15, 0.2) is 11.0 Å². The highest BCUT2D eigenvalue weighted by Gasteiger charge is 2.57. The first-order chi connectivity index (χ1) is 15.9. The number of rotatable bonds is 7. The van der Waals surface area contributed by atoms with E-state index in [9.17, 15) is 13.2 Å². The van der Waals surface area contributed by atoms with Gasteiger partial charge in [0.1, 0.15) is 0 Å². The first kappa shape index (κ1) is 22.4. The van der Waals surface area contributed by atoms with Crippen LogP contribution in [-0.2, 0) is 13.2 Å². The first-order valence-corrected chi connectivity index (χ1v) is 12.2. The number of benzene rings is 1. The van der Waals surface area contributed by atoms with E-state index in [1.54, 1.807) is 36.3 Å². The third kappa shape index (κ3) is 4.66. The van der Waals surface area contributed by atoms with Gasteiger partial charge in [-0.25, -0.2) is 0 Å². The Balaban J connectivity index is 1.09. The number of nitrogens with zero attached hydrogens (tertiary/aromatic N) is 5. The first-order valence-electron chi connectivity index (χ1n) is 11.2. The zero-order valence-corrected chi connectivity index (χ0v) is 19.2. The van der Waals surface area contributed by atoms with Crippen LogP contribution >= 0.6 is 11.8 Å². The van der Waals surface area contributed by atoms with Crippen molar-refractivity contribution in [1.82, 2.24) is 24.6 Å². The molecule has 1 aromatic carbocycles. The number of thioether (sulfide) groups is 1. The zero-order valence-electron chi connectivity index (χ0n) is 18.4. The SMILES string of the molecule is Cn1c(SCCCN2CCC3(C[C@H]3c3ccc(C(F)(F)F)cc3)C2)nnc1-c1ccncc1. The fourth-order valence-electron chi connectivity index (χ4n) is 4.99. The highest BCUT2D eigenvalue weighted by Crippen LogP contribution is 2.64. The molecule has 2 atom stereocenters. The van der Waals surface area contributed by atoms with Gasteiger partial charge in [0.2, 0.25) is 0 Å². The van der Waals surface area contributed by atoms with Gasteiger partial charge in [-0.15, -0.1) is 10.2 Å². The minimum absolute atomic E-state index is 0.260. The molecule has 0 bridgehead atoms. The summed E-state index contributed by atoms with van der Waals surface area (Å²) in [6, 6.07) is 9.63. The van der Waals surface area contributed by atoms with Crippen molar-refractivity contribution in [3.8, 4) is 11.4 Å². The summed E-state index contributed by atoms with van der Waals surface area (Å²) in [4.78, 5) is 6.55. The minimum atomic E-state index is -4.27. The molecular formula is C24H26F3N5S. The quantitative estimate of drug-likeness (QED) is 0.346. The lowest BCUT2D eigenvalue weighted by molar-refractivity contribution is -0.137. The normalized spacial score (nSPS) is 22.8. The Labute approximate surface area is 195 Å². The second-order valence-corrected chi connectivity index (χ2v) is 10.1. The van der Waals surface area contributed by atoms with Crippen LogP contribution < -0.4 is 0 Å². The van der Waals surface area contributed by atoms with E-state index < -0.39 is 11.7 Å². The summed E-state index contributed by atoms with van der Waals surface area (Å²) < 4.78 is 40.5. The topological polar surface area (TPSA) is 46.8 Å². The van der Waals surface area contributed by atoms with Crippen LogP contribution in [0, 0.1) is 5.41 Å². The standard InChI is InChI=1S/C24H26F3N5S/c1-31-21(18-7-10-28-11-8-18)29-30-22(31)33-14-2-12-32-13-9-23(16-32)15-20(23)17-3-5-19(6-4-17)24(25,26)27/h3-8,10-11,20H,2,9,12-16H2,1H3/t20-,23?/m0/s1. The van der Waals surface area contributed by atoms with Crippen LogP contribution in [0.5, 0.6) is 0 Å². The summed E-state index contributed by atoms with van der Waals surface area (Å²) in [5.41, 5.74) is 1.74. The predicted molar refractivity (Wildman–Crippen MR) is 122 cm³/mol. The molecule has 0 radical (unpaired) electrons. The fraction of sp³-hybridized carbons (Fsp3) is 0.458. The molecule has 1 saturated carbocycles. The summed E-state index contributed by atoms with van der Waals surface area (Å²) in [6.07, 6.45) is 2.50. The molecule has 1 aliphatic heterocycles. The maximum absolute atomic E-state index is 12.8. The summed E-state index contributed by atoms with van der Waals surface area (Å²) in [5, 5.41) is 9.55. The van der Waals surface area contributed by atoms with E-state index in [1.165, 1.54) is 12.1 Å². The summed E-state index contributed by atoms with van der Waals surface area (Å²) >= 11 is 1.72. The fourth-order valence-corrected chi connectivity index (χ4v) is 5.83. The van der Waals surface area contributed by atoms with Crippen molar-refractivity contribution in [2.45, 2.75) is 36.5 Å². The van der Waals surface area contributed by atoms with E-state index in [0.29, 0.717) is 5.92 Å². The van der Waals surface area contributed by atoms with Crippen LogP contribution in [0.15, 0.2) is 53.9 Å². The Morgan fingerprint density at radius 2 is 1.85 bits per heavy atom. The average Bonchev–Trinajstić information content (AvgIpc) is 3.15. The van der Waals surface area contributed by atoms with Crippen LogP contribution in [0.3, 0.4) is 0 Å². The molecule has 5 rings (SSSR count). The van der Waals surface area contributed by atoms with Gasteiger partial charge >= 0.3 is 6.18 Å². The summed E-state index contributed by atoms with van der Waals surface area (Å²) in [5.74, 6) is 2.20. The predicted octanol–water partition coefficient (Wildman–Crippen LogP) is 5.26. The molecule has 174 valence electrons. The Morgan fingerprint density at radius 3 is 2.58 bits per heavy atom. The smallest absolute Gasteiger partial charge is 0.305 e. The number of aromatic nitrogens is 4. The third-order valence-corrected chi connectivity index (χ3v) is 8.02. The monoisotopic (exact) mass is 473 g/mol.